The van der Waals surface area contributed by atoms with Gasteiger partial charge in [0.2, 0.25) is 0 Å². The van der Waals surface area contributed by atoms with Crippen molar-refractivity contribution in [3.63, 3.8) is 0 Å². The average molecular weight is 303 g/mol. The molecule has 2 rings (SSSR count). The molecule has 1 N–H and O–H groups in total. The minimum Gasteiger partial charge on any atom is -0.490 e. The van der Waals surface area contributed by atoms with Gasteiger partial charge in [-0.15, -0.1) is 0 Å². The predicted molar refractivity (Wildman–Crippen MR) is 86.2 cm³/mol. The predicted octanol–water partition coefficient (Wildman–Crippen LogP) is 2.46. The first kappa shape index (κ1) is 16.5. The molecular formula is C17H25N3O2. The third-order valence-corrected chi connectivity index (χ3v) is 3.64. The molecule has 0 radical (unpaired) electrons. The number of rotatable bonds is 7. The highest BCUT2D eigenvalue weighted by atomic mass is 16.5. The molecule has 1 unspecified atom stereocenters. The van der Waals surface area contributed by atoms with Crippen LogP contribution in [0.2, 0.25) is 0 Å². The number of aliphatic hydroxyl groups excluding tert-OH is 1. The maximum Gasteiger partial charge on any atom is 0.150 e. The van der Waals surface area contributed by atoms with E-state index in [-0.39, 0.29) is 6.61 Å². The fourth-order valence-corrected chi connectivity index (χ4v) is 2.44. The molecule has 1 atom stereocenters. The number of aliphatic hydroxyl groups is 1. The van der Waals surface area contributed by atoms with Gasteiger partial charge in [0.05, 0.1) is 6.54 Å². The van der Waals surface area contributed by atoms with Crippen molar-refractivity contribution in [1.29, 1.82) is 0 Å². The Morgan fingerprint density at radius 3 is 2.45 bits per heavy atom. The molecule has 0 amide bonds. The summed E-state index contributed by atoms with van der Waals surface area (Å²) in [7, 11) is 0. The number of hydrogen-bond acceptors (Lipinski definition) is 4. The highest BCUT2D eigenvalue weighted by molar-refractivity contribution is 5.39. The summed E-state index contributed by atoms with van der Waals surface area (Å²) in [5.74, 6) is 2.58. The average Bonchev–Trinajstić information content (AvgIpc) is 2.88. The zero-order valence-electron chi connectivity index (χ0n) is 13.8. The normalized spacial score (nSPS) is 12.4. The van der Waals surface area contributed by atoms with Crippen LogP contribution in [0, 0.1) is 13.8 Å². The Kier molecular flexibility index (Phi) is 5.55. The fourth-order valence-electron chi connectivity index (χ4n) is 2.44. The van der Waals surface area contributed by atoms with E-state index in [4.69, 9.17) is 4.74 Å². The van der Waals surface area contributed by atoms with Crippen LogP contribution in [0.3, 0.4) is 0 Å². The van der Waals surface area contributed by atoms with Gasteiger partial charge in [0, 0.05) is 12.8 Å². The van der Waals surface area contributed by atoms with E-state index in [1.54, 1.807) is 4.68 Å². The number of nitrogens with zero attached hydrogens (tertiary/aromatic N) is 3. The summed E-state index contributed by atoms with van der Waals surface area (Å²) < 4.78 is 7.59. The highest BCUT2D eigenvalue weighted by Crippen LogP contribution is 2.22. The van der Waals surface area contributed by atoms with Crippen molar-refractivity contribution >= 4 is 0 Å². The van der Waals surface area contributed by atoms with Gasteiger partial charge < -0.3 is 9.84 Å². The molecule has 0 aliphatic rings. The van der Waals surface area contributed by atoms with Crippen LogP contribution >= 0.6 is 0 Å². The van der Waals surface area contributed by atoms with Crippen molar-refractivity contribution in [3.05, 3.63) is 41.0 Å². The molecule has 1 aromatic carbocycles. The third-order valence-electron chi connectivity index (χ3n) is 3.64. The summed E-state index contributed by atoms with van der Waals surface area (Å²) >= 11 is 0. The Hall–Kier alpha value is -1.88. The monoisotopic (exact) mass is 303 g/mol. The largest absolute Gasteiger partial charge is 0.490 e. The molecule has 5 heteroatoms. The first-order chi connectivity index (χ1) is 10.5. The lowest BCUT2D eigenvalue weighted by Gasteiger charge is -2.16. The molecule has 0 fully saturated rings. The Balaban J connectivity index is 1.98. The lowest BCUT2D eigenvalue weighted by atomic mass is 10.1. The summed E-state index contributed by atoms with van der Waals surface area (Å²) in [4.78, 5) is 4.45. The van der Waals surface area contributed by atoms with E-state index < -0.39 is 6.10 Å². The Morgan fingerprint density at radius 2 is 1.86 bits per heavy atom. The van der Waals surface area contributed by atoms with Gasteiger partial charge in [-0.3, -0.25) is 0 Å². The lowest BCUT2D eigenvalue weighted by Crippen LogP contribution is -2.25. The van der Waals surface area contributed by atoms with Crippen molar-refractivity contribution in [2.24, 2.45) is 0 Å². The van der Waals surface area contributed by atoms with Gasteiger partial charge in [-0.05, 0) is 25.0 Å². The van der Waals surface area contributed by atoms with Crippen LogP contribution in [0.5, 0.6) is 5.75 Å². The van der Waals surface area contributed by atoms with Gasteiger partial charge in [-0.25, -0.2) is 9.67 Å². The van der Waals surface area contributed by atoms with Crippen LogP contribution < -0.4 is 4.74 Å². The van der Waals surface area contributed by atoms with Gasteiger partial charge in [0.1, 0.15) is 24.3 Å². The summed E-state index contributed by atoms with van der Waals surface area (Å²) in [5.41, 5.74) is 2.16. The Morgan fingerprint density at radius 1 is 1.18 bits per heavy atom. The van der Waals surface area contributed by atoms with E-state index in [1.165, 1.54) is 0 Å². The minimum absolute atomic E-state index is 0.246. The molecule has 0 saturated heterocycles. The molecule has 0 aliphatic carbocycles. The SMILES string of the molecule is CCc1nc(CC)n(CC(O)COc2c(C)cccc2C)n1. The van der Waals surface area contributed by atoms with Gasteiger partial charge in [0.15, 0.2) is 5.82 Å². The zero-order valence-corrected chi connectivity index (χ0v) is 13.8. The van der Waals surface area contributed by atoms with Crippen LogP contribution in [0.25, 0.3) is 0 Å². The number of ether oxygens (including phenoxy) is 1. The lowest BCUT2D eigenvalue weighted by molar-refractivity contribution is 0.0877. The van der Waals surface area contributed by atoms with Crippen LogP contribution in [0.15, 0.2) is 18.2 Å². The molecule has 0 saturated carbocycles. The van der Waals surface area contributed by atoms with Crippen molar-refractivity contribution in [1.82, 2.24) is 14.8 Å². The van der Waals surface area contributed by atoms with Crippen molar-refractivity contribution in [2.45, 2.75) is 53.2 Å². The molecule has 5 nitrogen and oxygen atoms in total. The summed E-state index contributed by atoms with van der Waals surface area (Å²) in [5, 5.41) is 14.7. The first-order valence-electron chi connectivity index (χ1n) is 7.84. The molecular weight excluding hydrogens is 278 g/mol. The van der Waals surface area contributed by atoms with Gasteiger partial charge >= 0.3 is 0 Å². The zero-order chi connectivity index (χ0) is 16.1. The van der Waals surface area contributed by atoms with E-state index >= 15 is 0 Å². The Bertz CT molecular complexity index is 602. The molecule has 0 spiro atoms. The molecule has 0 bridgehead atoms. The standard InChI is InChI=1S/C17H25N3O2/c1-5-15-18-16(6-2)20(19-15)10-14(21)11-22-17-12(3)8-7-9-13(17)4/h7-9,14,21H,5-6,10-11H2,1-4H3. The summed E-state index contributed by atoms with van der Waals surface area (Å²) in [6.07, 6.45) is 0.989. The molecule has 1 aromatic heterocycles. The molecule has 2 aromatic rings. The van der Waals surface area contributed by atoms with E-state index in [0.717, 1.165) is 41.4 Å². The highest BCUT2D eigenvalue weighted by Gasteiger charge is 2.13. The maximum atomic E-state index is 10.2. The van der Waals surface area contributed by atoms with Crippen molar-refractivity contribution in [3.8, 4) is 5.75 Å². The number of aryl methyl sites for hydroxylation is 4. The molecule has 120 valence electrons. The van der Waals surface area contributed by atoms with Gasteiger partial charge in [-0.1, -0.05) is 32.0 Å². The fraction of sp³-hybridized carbons (Fsp3) is 0.529. The van der Waals surface area contributed by atoms with E-state index in [0.29, 0.717) is 6.54 Å². The van der Waals surface area contributed by atoms with Crippen LogP contribution in [-0.2, 0) is 19.4 Å². The third kappa shape index (κ3) is 3.85. The summed E-state index contributed by atoms with van der Waals surface area (Å²) in [6.45, 7) is 8.74. The van der Waals surface area contributed by atoms with E-state index in [9.17, 15) is 5.11 Å². The van der Waals surface area contributed by atoms with Gasteiger partial charge in [0.25, 0.3) is 0 Å². The topological polar surface area (TPSA) is 60.2 Å². The molecule has 0 aliphatic heterocycles. The smallest absolute Gasteiger partial charge is 0.150 e. The minimum atomic E-state index is -0.615. The maximum absolute atomic E-state index is 10.2. The van der Waals surface area contributed by atoms with Crippen LogP contribution in [-0.4, -0.2) is 32.6 Å². The van der Waals surface area contributed by atoms with Crippen LogP contribution in [0.4, 0.5) is 0 Å². The number of hydrogen-bond donors (Lipinski definition) is 1. The van der Waals surface area contributed by atoms with Crippen LogP contribution in [0.1, 0.15) is 36.6 Å². The molecule has 1 heterocycles. The number of aromatic nitrogens is 3. The van der Waals surface area contributed by atoms with Crippen molar-refractivity contribution < 1.29 is 9.84 Å². The number of para-hydroxylation sites is 1. The molecule has 22 heavy (non-hydrogen) atoms. The van der Waals surface area contributed by atoms with E-state index in [1.807, 2.05) is 45.9 Å². The Labute approximate surface area is 132 Å². The second-order valence-corrected chi connectivity index (χ2v) is 5.52. The van der Waals surface area contributed by atoms with E-state index in [2.05, 4.69) is 10.1 Å². The second kappa shape index (κ2) is 7.40. The van der Waals surface area contributed by atoms with Gasteiger partial charge in [-0.2, -0.15) is 5.10 Å². The summed E-state index contributed by atoms with van der Waals surface area (Å²) in [6, 6.07) is 6.02. The second-order valence-electron chi connectivity index (χ2n) is 5.52. The number of benzene rings is 1. The first-order valence-corrected chi connectivity index (χ1v) is 7.84. The van der Waals surface area contributed by atoms with Crippen molar-refractivity contribution in [2.75, 3.05) is 6.61 Å². The quantitative estimate of drug-likeness (QED) is 0.853.